The summed E-state index contributed by atoms with van der Waals surface area (Å²) in [4.78, 5) is 11.7. The predicted molar refractivity (Wildman–Crippen MR) is 55.6 cm³/mol. The van der Waals surface area contributed by atoms with Crippen LogP contribution in [0.4, 0.5) is 4.39 Å². The van der Waals surface area contributed by atoms with E-state index in [1.54, 1.807) is 12.1 Å². The van der Waals surface area contributed by atoms with Gasteiger partial charge in [0.1, 0.15) is 11.4 Å². The fourth-order valence-corrected chi connectivity index (χ4v) is 2.62. The summed E-state index contributed by atoms with van der Waals surface area (Å²) in [5.74, 6) is -0.721. The summed E-state index contributed by atoms with van der Waals surface area (Å²) in [6.45, 7) is 1.50. The molecule has 1 fully saturated rings. The molecule has 1 aromatic carbocycles. The number of esters is 1. The van der Waals surface area contributed by atoms with Crippen LogP contribution < -0.4 is 5.32 Å². The van der Waals surface area contributed by atoms with E-state index in [-0.39, 0.29) is 5.82 Å². The smallest absolute Gasteiger partial charge is 0.339 e. The van der Waals surface area contributed by atoms with E-state index in [1.807, 2.05) is 0 Å². The van der Waals surface area contributed by atoms with E-state index < -0.39 is 11.6 Å². The molecule has 1 aromatic rings. The third kappa shape index (κ3) is 1.19. The van der Waals surface area contributed by atoms with E-state index in [0.29, 0.717) is 24.0 Å². The zero-order valence-corrected chi connectivity index (χ0v) is 8.75. The highest BCUT2D eigenvalue weighted by atomic mass is 19.1. The maximum atomic E-state index is 13.8. The Morgan fingerprint density at radius 3 is 2.81 bits per heavy atom. The Hall–Kier alpha value is -1.42. The summed E-state index contributed by atoms with van der Waals surface area (Å²) in [5.41, 5.74) is 0.131. The number of benzene rings is 1. The number of hydrogen-bond donors (Lipinski definition) is 1. The minimum absolute atomic E-state index is 0.328. The van der Waals surface area contributed by atoms with E-state index in [1.165, 1.54) is 6.07 Å². The molecule has 1 saturated heterocycles. The van der Waals surface area contributed by atoms with Crippen molar-refractivity contribution in [3.8, 4) is 0 Å². The number of carbonyl (C=O) groups is 1. The van der Waals surface area contributed by atoms with Gasteiger partial charge in [-0.2, -0.15) is 0 Å². The first-order valence-electron chi connectivity index (χ1n) is 5.46. The van der Waals surface area contributed by atoms with E-state index in [0.717, 1.165) is 13.1 Å². The van der Waals surface area contributed by atoms with Crippen LogP contribution in [-0.4, -0.2) is 19.1 Å². The highest BCUT2D eigenvalue weighted by Gasteiger charge is 2.47. The van der Waals surface area contributed by atoms with Gasteiger partial charge in [0.15, 0.2) is 0 Å². The van der Waals surface area contributed by atoms with E-state index in [2.05, 4.69) is 5.32 Å². The van der Waals surface area contributed by atoms with Crippen LogP contribution in [0.15, 0.2) is 18.2 Å². The Morgan fingerprint density at radius 1 is 1.31 bits per heavy atom. The average Bonchev–Trinajstić information content (AvgIpc) is 2.55. The summed E-state index contributed by atoms with van der Waals surface area (Å²) >= 11 is 0. The van der Waals surface area contributed by atoms with Crippen molar-refractivity contribution in [1.29, 1.82) is 0 Å². The van der Waals surface area contributed by atoms with Gasteiger partial charge in [-0.05, 0) is 25.2 Å². The Kier molecular flexibility index (Phi) is 2.01. The molecule has 0 aliphatic carbocycles. The number of halogens is 1. The van der Waals surface area contributed by atoms with Crippen LogP contribution in [0.5, 0.6) is 0 Å². The second-order valence-corrected chi connectivity index (χ2v) is 4.30. The fraction of sp³-hybridized carbons (Fsp3) is 0.417. The van der Waals surface area contributed by atoms with Crippen molar-refractivity contribution in [3.63, 3.8) is 0 Å². The fourth-order valence-electron chi connectivity index (χ4n) is 2.62. The van der Waals surface area contributed by atoms with Gasteiger partial charge >= 0.3 is 5.97 Å². The first-order valence-corrected chi connectivity index (χ1v) is 5.46. The summed E-state index contributed by atoms with van der Waals surface area (Å²) in [5, 5.41) is 3.19. The molecule has 3 nitrogen and oxygen atoms in total. The van der Waals surface area contributed by atoms with Crippen LogP contribution in [0.2, 0.25) is 0 Å². The number of fused-ring (bicyclic) bond motifs is 2. The normalized spacial score (nSPS) is 21.9. The van der Waals surface area contributed by atoms with Gasteiger partial charge in [-0.25, -0.2) is 9.18 Å². The van der Waals surface area contributed by atoms with Gasteiger partial charge < -0.3 is 10.1 Å². The molecule has 1 spiro atoms. The first kappa shape index (κ1) is 9.78. The third-order valence-electron chi connectivity index (χ3n) is 3.39. The highest BCUT2D eigenvalue weighted by molar-refractivity contribution is 5.94. The zero-order valence-electron chi connectivity index (χ0n) is 8.75. The molecule has 0 bridgehead atoms. The van der Waals surface area contributed by atoms with E-state index in [9.17, 15) is 9.18 Å². The largest absolute Gasteiger partial charge is 0.450 e. The molecule has 0 radical (unpaired) electrons. The molecule has 0 amide bonds. The Labute approximate surface area is 92.6 Å². The maximum absolute atomic E-state index is 13.8. The number of piperidine rings is 1. The van der Waals surface area contributed by atoms with Crippen molar-refractivity contribution in [2.75, 3.05) is 13.1 Å². The van der Waals surface area contributed by atoms with Crippen LogP contribution in [0, 0.1) is 5.82 Å². The molecule has 0 aromatic heterocycles. The van der Waals surface area contributed by atoms with Gasteiger partial charge in [0.05, 0.1) is 5.56 Å². The van der Waals surface area contributed by atoms with Crippen LogP contribution in [0.1, 0.15) is 28.8 Å². The summed E-state index contributed by atoms with van der Waals surface area (Å²) in [6, 6.07) is 4.58. The molecule has 2 aliphatic heterocycles. The number of carbonyl (C=O) groups excluding carboxylic acids is 1. The zero-order chi connectivity index (χ0) is 11.2. The van der Waals surface area contributed by atoms with Gasteiger partial charge in [-0.1, -0.05) is 6.07 Å². The number of ether oxygens (including phenoxy) is 1. The number of nitrogens with one attached hydrogen (secondary N) is 1. The maximum Gasteiger partial charge on any atom is 0.339 e. The van der Waals surface area contributed by atoms with Crippen molar-refractivity contribution in [2.24, 2.45) is 0 Å². The summed E-state index contributed by atoms with van der Waals surface area (Å²) in [7, 11) is 0. The van der Waals surface area contributed by atoms with Gasteiger partial charge in [-0.3, -0.25) is 0 Å². The lowest BCUT2D eigenvalue weighted by Crippen LogP contribution is -2.40. The van der Waals surface area contributed by atoms with Crippen molar-refractivity contribution < 1.29 is 13.9 Å². The molecule has 1 N–H and O–H groups in total. The van der Waals surface area contributed by atoms with Crippen molar-refractivity contribution in [2.45, 2.75) is 18.4 Å². The molecular formula is C12H12FNO2. The molecule has 2 aliphatic rings. The minimum Gasteiger partial charge on any atom is -0.450 e. The van der Waals surface area contributed by atoms with Crippen LogP contribution in [0.3, 0.4) is 0 Å². The summed E-state index contributed by atoms with van der Waals surface area (Å²) < 4.78 is 19.3. The topological polar surface area (TPSA) is 38.3 Å². The number of hydrogen-bond acceptors (Lipinski definition) is 3. The molecule has 16 heavy (non-hydrogen) atoms. The van der Waals surface area contributed by atoms with Crippen LogP contribution in [0.25, 0.3) is 0 Å². The van der Waals surface area contributed by atoms with Crippen molar-refractivity contribution in [1.82, 2.24) is 5.32 Å². The summed E-state index contributed by atoms with van der Waals surface area (Å²) in [6.07, 6.45) is 1.29. The second kappa shape index (κ2) is 3.28. The van der Waals surface area contributed by atoms with Crippen LogP contribution >= 0.6 is 0 Å². The Morgan fingerprint density at radius 2 is 2.06 bits per heavy atom. The Balaban J connectivity index is 2.16. The molecule has 0 atom stereocenters. The third-order valence-corrected chi connectivity index (χ3v) is 3.39. The lowest BCUT2D eigenvalue weighted by atomic mass is 9.84. The minimum atomic E-state index is -0.719. The second-order valence-electron chi connectivity index (χ2n) is 4.30. The molecular weight excluding hydrogens is 209 g/mol. The van der Waals surface area contributed by atoms with Crippen LogP contribution in [-0.2, 0) is 10.3 Å². The molecule has 84 valence electrons. The molecule has 0 unspecified atom stereocenters. The lowest BCUT2D eigenvalue weighted by Gasteiger charge is -2.33. The van der Waals surface area contributed by atoms with E-state index in [4.69, 9.17) is 4.74 Å². The SMILES string of the molecule is O=C1OC2(CCNCC2)c2c(F)cccc21. The standard InChI is InChI=1S/C12H12FNO2/c13-9-3-1-2-8-10(9)12(16-11(8)15)4-6-14-7-5-12/h1-3,14H,4-7H2. The van der Waals surface area contributed by atoms with Gasteiger partial charge in [0.2, 0.25) is 0 Å². The molecule has 2 heterocycles. The quantitative estimate of drug-likeness (QED) is 0.676. The predicted octanol–water partition coefficient (Wildman–Crippen LogP) is 1.57. The van der Waals surface area contributed by atoms with Gasteiger partial charge in [-0.15, -0.1) is 0 Å². The average molecular weight is 221 g/mol. The van der Waals surface area contributed by atoms with Gasteiger partial charge in [0, 0.05) is 18.4 Å². The van der Waals surface area contributed by atoms with Crippen molar-refractivity contribution in [3.05, 3.63) is 35.1 Å². The monoisotopic (exact) mass is 221 g/mol. The van der Waals surface area contributed by atoms with Crippen molar-refractivity contribution >= 4 is 5.97 Å². The molecule has 4 heteroatoms. The number of rotatable bonds is 0. The van der Waals surface area contributed by atoms with Gasteiger partial charge in [0.25, 0.3) is 0 Å². The lowest BCUT2D eigenvalue weighted by molar-refractivity contribution is -0.0255. The highest BCUT2D eigenvalue weighted by Crippen LogP contribution is 2.43. The molecule has 0 saturated carbocycles. The first-order chi connectivity index (χ1) is 7.73. The Bertz CT molecular complexity index is 452. The van der Waals surface area contributed by atoms with E-state index >= 15 is 0 Å². The molecule has 3 rings (SSSR count).